The number of rotatable bonds is 8. The van der Waals surface area contributed by atoms with Crippen LogP contribution >= 0.6 is 0 Å². The minimum absolute atomic E-state index is 0.136. The molecule has 0 saturated heterocycles. The van der Waals surface area contributed by atoms with Crippen LogP contribution in [-0.2, 0) is 14.4 Å². The molecule has 0 saturated carbocycles. The van der Waals surface area contributed by atoms with Gasteiger partial charge in [-0.15, -0.1) is 6.58 Å². The zero-order valence-electron chi connectivity index (χ0n) is 10.7. The van der Waals surface area contributed by atoms with Gasteiger partial charge in [-0.1, -0.05) is 13.0 Å². The van der Waals surface area contributed by atoms with Crippen molar-refractivity contribution in [1.82, 2.24) is 10.6 Å². The van der Waals surface area contributed by atoms with Gasteiger partial charge < -0.3 is 15.7 Å². The molecule has 0 aliphatic carbocycles. The summed E-state index contributed by atoms with van der Waals surface area (Å²) in [5, 5.41) is 13.8. The molecule has 3 N–H and O–H groups in total. The number of nitrogens with one attached hydrogen (secondary N) is 2. The SMILES string of the molecule is C=CCC(NC(C)=O)C(=O)N[C@H](CC)CC(=O)O. The second-order valence-electron chi connectivity index (χ2n) is 3.99. The number of carboxylic acids is 1. The van der Waals surface area contributed by atoms with Crippen LogP contribution in [0.25, 0.3) is 0 Å². The Morgan fingerprint density at radius 3 is 2.33 bits per heavy atom. The van der Waals surface area contributed by atoms with Gasteiger partial charge in [0, 0.05) is 13.0 Å². The quantitative estimate of drug-likeness (QED) is 0.549. The Balaban J connectivity index is 4.50. The maximum absolute atomic E-state index is 11.9. The third kappa shape index (κ3) is 6.67. The predicted molar refractivity (Wildman–Crippen MR) is 66.9 cm³/mol. The van der Waals surface area contributed by atoms with Gasteiger partial charge in [0.2, 0.25) is 11.8 Å². The highest BCUT2D eigenvalue weighted by molar-refractivity contribution is 5.87. The van der Waals surface area contributed by atoms with Gasteiger partial charge in [-0.25, -0.2) is 0 Å². The molecule has 0 radical (unpaired) electrons. The number of hydrogen-bond acceptors (Lipinski definition) is 3. The Bertz CT molecular complexity index is 328. The topological polar surface area (TPSA) is 95.5 Å². The van der Waals surface area contributed by atoms with Crippen LogP contribution in [-0.4, -0.2) is 35.0 Å². The third-order valence-electron chi connectivity index (χ3n) is 2.36. The number of carboxylic acid groups (broad SMARTS) is 1. The van der Waals surface area contributed by atoms with Gasteiger partial charge in [0.1, 0.15) is 6.04 Å². The first kappa shape index (κ1) is 16.1. The Morgan fingerprint density at radius 2 is 1.94 bits per heavy atom. The van der Waals surface area contributed by atoms with Gasteiger partial charge in [-0.3, -0.25) is 14.4 Å². The predicted octanol–water partition coefficient (Wildman–Crippen LogP) is 0.437. The fourth-order valence-electron chi connectivity index (χ4n) is 1.45. The molecule has 6 heteroatoms. The van der Waals surface area contributed by atoms with Crippen LogP contribution in [0.4, 0.5) is 0 Å². The lowest BCUT2D eigenvalue weighted by Gasteiger charge is -2.20. The van der Waals surface area contributed by atoms with E-state index in [1.54, 1.807) is 6.92 Å². The van der Waals surface area contributed by atoms with E-state index in [1.807, 2.05) is 0 Å². The van der Waals surface area contributed by atoms with Gasteiger partial charge in [-0.05, 0) is 12.8 Å². The Hall–Kier alpha value is -1.85. The molecule has 6 nitrogen and oxygen atoms in total. The molecule has 0 aromatic rings. The summed E-state index contributed by atoms with van der Waals surface area (Å²) in [6.45, 7) is 6.62. The smallest absolute Gasteiger partial charge is 0.305 e. The average molecular weight is 256 g/mol. The molecule has 0 rings (SSSR count). The molecule has 0 aliphatic rings. The zero-order chi connectivity index (χ0) is 14.1. The van der Waals surface area contributed by atoms with E-state index in [4.69, 9.17) is 5.11 Å². The summed E-state index contributed by atoms with van der Waals surface area (Å²) >= 11 is 0. The molecule has 0 aromatic heterocycles. The van der Waals surface area contributed by atoms with E-state index in [9.17, 15) is 14.4 Å². The van der Waals surface area contributed by atoms with Crippen LogP contribution in [0.1, 0.15) is 33.1 Å². The number of hydrogen-bond donors (Lipinski definition) is 3. The van der Waals surface area contributed by atoms with Gasteiger partial charge in [0.25, 0.3) is 0 Å². The number of carbonyl (C=O) groups is 3. The van der Waals surface area contributed by atoms with E-state index in [1.165, 1.54) is 13.0 Å². The van der Waals surface area contributed by atoms with Crippen molar-refractivity contribution < 1.29 is 19.5 Å². The van der Waals surface area contributed by atoms with Crippen molar-refractivity contribution in [3.05, 3.63) is 12.7 Å². The Labute approximate surface area is 106 Å². The first-order valence-corrected chi connectivity index (χ1v) is 5.80. The summed E-state index contributed by atoms with van der Waals surface area (Å²) in [6.07, 6.45) is 2.20. The molecule has 102 valence electrons. The van der Waals surface area contributed by atoms with Gasteiger partial charge in [0.15, 0.2) is 0 Å². The first-order chi connectivity index (χ1) is 8.40. The minimum Gasteiger partial charge on any atom is -0.481 e. The van der Waals surface area contributed by atoms with Gasteiger partial charge in [-0.2, -0.15) is 0 Å². The van der Waals surface area contributed by atoms with E-state index in [-0.39, 0.29) is 12.3 Å². The molecule has 2 atom stereocenters. The van der Waals surface area contributed by atoms with Crippen molar-refractivity contribution in [2.75, 3.05) is 0 Å². The maximum Gasteiger partial charge on any atom is 0.305 e. The van der Waals surface area contributed by atoms with Crippen molar-refractivity contribution in [1.29, 1.82) is 0 Å². The van der Waals surface area contributed by atoms with E-state index >= 15 is 0 Å². The molecule has 0 bridgehead atoms. The summed E-state index contributed by atoms with van der Waals surface area (Å²) in [6, 6.07) is -1.14. The molecular weight excluding hydrogens is 236 g/mol. The fourth-order valence-corrected chi connectivity index (χ4v) is 1.45. The molecule has 1 unspecified atom stereocenters. The Morgan fingerprint density at radius 1 is 1.33 bits per heavy atom. The number of aliphatic carboxylic acids is 1. The average Bonchev–Trinajstić information content (AvgIpc) is 2.26. The van der Waals surface area contributed by atoms with Crippen LogP contribution in [0.2, 0.25) is 0 Å². The van der Waals surface area contributed by atoms with Crippen LogP contribution in [0.15, 0.2) is 12.7 Å². The van der Waals surface area contributed by atoms with Crippen molar-refractivity contribution in [3.63, 3.8) is 0 Å². The molecule has 0 fully saturated rings. The second-order valence-corrected chi connectivity index (χ2v) is 3.99. The lowest BCUT2D eigenvalue weighted by Crippen LogP contribution is -2.49. The normalized spacial score (nSPS) is 13.2. The minimum atomic E-state index is -0.970. The van der Waals surface area contributed by atoms with Gasteiger partial charge in [0.05, 0.1) is 6.42 Å². The largest absolute Gasteiger partial charge is 0.481 e. The summed E-state index contributed by atoms with van der Waals surface area (Å²) in [4.78, 5) is 33.4. The van der Waals surface area contributed by atoms with Gasteiger partial charge >= 0.3 is 5.97 Å². The third-order valence-corrected chi connectivity index (χ3v) is 2.36. The molecule has 0 heterocycles. The molecule has 2 amide bonds. The number of carbonyl (C=O) groups excluding carboxylic acids is 2. The maximum atomic E-state index is 11.9. The van der Waals surface area contributed by atoms with Crippen LogP contribution < -0.4 is 10.6 Å². The summed E-state index contributed by atoms with van der Waals surface area (Å²) in [5.41, 5.74) is 0. The standard InChI is InChI=1S/C12H20N2O4/c1-4-6-10(13-8(3)15)12(18)14-9(5-2)7-11(16)17/h4,9-10H,1,5-7H2,2-3H3,(H,13,15)(H,14,18)(H,16,17)/t9-,10?/m1/s1. The lowest BCUT2D eigenvalue weighted by molar-refractivity contribution is -0.138. The highest BCUT2D eigenvalue weighted by Gasteiger charge is 2.21. The van der Waals surface area contributed by atoms with Crippen molar-refractivity contribution >= 4 is 17.8 Å². The van der Waals surface area contributed by atoms with E-state index in [0.717, 1.165) is 0 Å². The van der Waals surface area contributed by atoms with E-state index in [2.05, 4.69) is 17.2 Å². The summed E-state index contributed by atoms with van der Waals surface area (Å²) in [5.74, 6) is -1.68. The fraction of sp³-hybridized carbons (Fsp3) is 0.583. The highest BCUT2D eigenvalue weighted by atomic mass is 16.4. The molecule has 0 aliphatic heterocycles. The Kier molecular flexibility index (Phi) is 7.42. The van der Waals surface area contributed by atoms with Crippen molar-refractivity contribution in [2.45, 2.75) is 45.2 Å². The zero-order valence-corrected chi connectivity index (χ0v) is 10.7. The van der Waals surface area contributed by atoms with Crippen LogP contribution in [0.5, 0.6) is 0 Å². The molecule has 0 aromatic carbocycles. The van der Waals surface area contributed by atoms with E-state index in [0.29, 0.717) is 12.8 Å². The number of amides is 2. The van der Waals surface area contributed by atoms with Crippen LogP contribution in [0, 0.1) is 0 Å². The van der Waals surface area contributed by atoms with Crippen molar-refractivity contribution in [2.24, 2.45) is 0 Å². The van der Waals surface area contributed by atoms with Crippen molar-refractivity contribution in [3.8, 4) is 0 Å². The lowest BCUT2D eigenvalue weighted by atomic mass is 10.1. The monoisotopic (exact) mass is 256 g/mol. The molecular formula is C12H20N2O4. The molecule has 0 spiro atoms. The first-order valence-electron chi connectivity index (χ1n) is 5.80. The summed E-state index contributed by atoms with van der Waals surface area (Å²) < 4.78 is 0. The summed E-state index contributed by atoms with van der Waals surface area (Å²) in [7, 11) is 0. The highest BCUT2D eigenvalue weighted by Crippen LogP contribution is 2.01. The molecule has 18 heavy (non-hydrogen) atoms. The van der Waals surface area contributed by atoms with E-state index < -0.39 is 24.0 Å². The van der Waals surface area contributed by atoms with Crippen LogP contribution in [0.3, 0.4) is 0 Å². The second kappa shape index (κ2) is 8.27.